The van der Waals surface area contributed by atoms with Gasteiger partial charge in [-0.25, -0.2) is 4.98 Å². The Morgan fingerprint density at radius 3 is 2.76 bits per heavy atom. The van der Waals surface area contributed by atoms with Crippen molar-refractivity contribution in [2.45, 2.75) is 26.7 Å². The Balaban J connectivity index is 1.34. The molecule has 2 heterocycles. The van der Waals surface area contributed by atoms with Gasteiger partial charge in [-0.2, -0.15) is 4.98 Å². The summed E-state index contributed by atoms with van der Waals surface area (Å²) < 4.78 is 16.2. The molecular weight excluding hydrogens is 372 g/mol. The first-order valence-corrected chi connectivity index (χ1v) is 9.33. The van der Waals surface area contributed by atoms with Crippen molar-refractivity contribution in [2.24, 2.45) is 0 Å². The smallest absolute Gasteiger partial charge is 0.227 e. The molecule has 0 bridgehead atoms. The fourth-order valence-corrected chi connectivity index (χ4v) is 2.90. The van der Waals surface area contributed by atoms with Crippen molar-refractivity contribution >= 4 is 22.7 Å². The van der Waals surface area contributed by atoms with Gasteiger partial charge in [0.05, 0.1) is 6.61 Å². The second-order valence-electron chi connectivity index (χ2n) is 6.43. The summed E-state index contributed by atoms with van der Waals surface area (Å²) in [6.07, 6.45) is 0.567. The van der Waals surface area contributed by atoms with E-state index in [0.29, 0.717) is 41.9 Å². The molecule has 0 aliphatic carbocycles. The van der Waals surface area contributed by atoms with Crippen molar-refractivity contribution in [3.05, 3.63) is 54.2 Å². The first kappa shape index (κ1) is 18.7. The molecule has 29 heavy (non-hydrogen) atoms. The minimum Gasteiger partial charge on any atom is -0.494 e. The number of aromatic nitrogens is 3. The molecule has 0 saturated heterocycles. The quantitative estimate of drug-likeness (QED) is 0.504. The fraction of sp³-hybridized carbons (Fsp3) is 0.238. The van der Waals surface area contributed by atoms with Crippen LogP contribution in [0.5, 0.6) is 5.75 Å². The number of carbonyl (C=O) groups excluding carboxylic acids is 1. The molecule has 2 aromatic heterocycles. The topological polar surface area (TPSA) is 103 Å². The Labute approximate surface area is 166 Å². The lowest BCUT2D eigenvalue weighted by atomic mass is 10.2. The maximum atomic E-state index is 12.2. The maximum absolute atomic E-state index is 12.2. The fourth-order valence-electron chi connectivity index (χ4n) is 2.90. The third kappa shape index (κ3) is 4.43. The number of fused-ring (bicyclic) bond motifs is 1. The molecular formula is C21H20N4O4. The van der Waals surface area contributed by atoms with Crippen LogP contribution in [0.25, 0.3) is 22.5 Å². The number of anilines is 1. The number of rotatable bonds is 7. The highest BCUT2D eigenvalue weighted by Crippen LogP contribution is 2.21. The minimum atomic E-state index is -0.151. The van der Waals surface area contributed by atoms with E-state index in [1.165, 1.54) is 0 Å². The van der Waals surface area contributed by atoms with Crippen LogP contribution < -0.4 is 10.1 Å². The highest BCUT2D eigenvalue weighted by Gasteiger charge is 2.12. The van der Waals surface area contributed by atoms with Crippen molar-refractivity contribution < 1.29 is 18.5 Å². The van der Waals surface area contributed by atoms with Gasteiger partial charge in [0, 0.05) is 37.1 Å². The predicted molar refractivity (Wildman–Crippen MR) is 107 cm³/mol. The van der Waals surface area contributed by atoms with Crippen LogP contribution in [0.15, 0.2) is 51.4 Å². The lowest BCUT2D eigenvalue weighted by Crippen LogP contribution is -2.12. The van der Waals surface area contributed by atoms with E-state index in [2.05, 4.69) is 20.4 Å². The monoisotopic (exact) mass is 392 g/mol. The number of aryl methyl sites for hydroxylation is 2. The first-order valence-electron chi connectivity index (χ1n) is 9.33. The predicted octanol–water partition coefficient (Wildman–Crippen LogP) is 4.16. The van der Waals surface area contributed by atoms with Gasteiger partial charge < -0.3 is 19.0 Å². The third-order valence-corrected chi connectivity index (χ3v) is 4.24. The molecule has 0 saturated carbocycles. The normalized spacial score (nSPS) is 11.0. The standard InChI is InChI=1S/C21H20N4O4/c1-3-27-16-7-4-14(5-8-16)21-24-20(29-25-21)11-10-19(26)23-15-6-9-17-18(12-15)28-13(2)22-17/h4-9,12H,3,10-11H2,1-2H3,(H,23,26). The molecule has 0 spiro atoms. The van der Waals surface area contributed by atoms with E-state index in [-0.39, 0.29) is 12.3 Å². The van der Waals surface area contributed by atoms with E-state index >= 15 is 0 Å². The summed E-state index contributed by atoms with van der Waals surface area (Å²) in [7, 11) is 0. The number of benzene rings is 2. The van der Waals surface area contributed by atoms with Gasteiger partial charge in [0.15, 0.2) is 11.5 Å². The van der Waals surface area contributed by atoms with Gasteiger partial charge in [0.2, 0.25) is 17.6 Å². The number of hydrogen-bond acceptors (Lipinski definition) is 7. The highest BCUT2D eigenvalue weighted by atomic mass is 16.5. The molecule has 0 radical (unpaired) electrons. The number of amides is 1. The molecule has 1 amide bonds. The van der Waals surface area contributed by atoms with E-state index < -0.39 is 0 Å². The second kappa shape index (κ2) is 8.14. The average molecular weight is 392 g/mol. The van der Waals surface area contributed by atoms with Crippen LogP contribution in [-0.4, -0.2) is 27.6 Å². The number of hydrogen-bond donors (Lipinski definition) is 1. The van der Waals surface area contributed by atoms with E-state index in [0.717, 1.165) is 16.8 Å². The third-order valence-electron chi connectivity index (χ3n) is 4.24. The Morgan fingerprint density at radius 2 is 1.97 bits per heavy atom. The molecule has 0 aliphatic rings. The minimum absolute atomic E-state index is 0.151. The van der Waals surface area contributed by atoms with Crippen LogP contribution in [0.2, 0.25) is 0 Å². The summed E-state index contributed by atoms with van der Waals surface area (Å²) in [6.45, 7) is 4.33. The number of nitrogens with zero attached hydrogens (tertiary/aromatic N) is 3. The van der Waals surface area contributed by atoms with Gasteiger partial charge in [-0.3, -0.25) is 4.79 Å². The molecule has 4 aromatic rings. The molecule has 0 unspecified atom stereocenters. The number of oxazole rings is 1. The summed E-state index contributed by atoms with van der Waals surface area (Å²) in [6, 6.07) is 12.8. The van der Waals surface area contributed by atoms with Crippen LogP contribution in [0.4, 0.5) is 5.69 Å². The van der Waals surface area contributed by atoms with Gasteiger partial charge in [0.25, 0.3) is 0 Å². The first-order chi connectivity index (χ1) is 14.1. The zero-order chi connectivity index (χ0) is 20.2. The van der Waals surface area contributed by atoms with Crippen molar-refractivity contribution in [1.82, 2.24) is 15.1 Å². The number of nitrogens with one attached hydrogen (secondary N) is 1. The molecule has 0 aliphatic heterocycles. The van der Waals surface area contributed by atoms with E-state index in [9.17, 15) is 4.79 Å². The van der Waals surface area contributed by atoms with Crippen LogP contribution in [0.1, 0.15) is 25.1 Å². The van der Waals surface area contributed by atoms with Crippen molar-refractivity contribution in [3.63, 3.8) is 0 Å². The van der Waals surface area contributed by atoms with Crippen molar-refractivity contribution in [1.29, 1.82) is 0 Å². The van der Waals surface area contributed by atoms with Crippen molar-refractivity contribution in [2.75, 3.05) is 11.9 Å². The molecule has 8 heteroatoms. The Kier molecular flexibility index (Phi) is 5.24. The van der Waals surface area contributed by atoms with Gasteiger partial charge >= 0.3 is 0 Å². The molecule has 4 rings (SSSR count). The lowest BCUT2D eigenvalue weighted by Gasteiger charge is -2.03. The van der Waals surface area contributed by atoms with Gasteiger partial charge in [-0.05, 0) is 43.3 Å². The summed E-state index contributed by atoms with van der Waals surface area (Å²) in [5.41, 5.74) is 2.87. The lowest BCUT2D eigenvalue weighted by molar-refractivity contribution is -0.116. The van der Waals surface area contributed by atoms with Crippen LogP contribution in [0, 0.1) is 6.92 Å². The summed E-state index contributed by atoms with van der Waals surface area (Å²) >= 11 is 0. The second-order valence-corrected chi connectivity index (χ2v) is 6.43. The van der Waals surface area contributed by atoms with Crippen molar-refractivity contribution in [3.8, 4) is 17.1 Å². The molecule has 148 valence electrons. The summed E-state index contributed by atoms with van der Waals surface area (Å²) in [4.78, 5) is 20.8. The van der Waals surface area contributed by atoms with Crippen LogP contribution >= 0.6 is 0 Å². The van der Waals surface area contributed by atoms with Crippen LogP contribution in [0.3, 0.4) is 0 Å². The van der Waals surface area contributed by atoms with Crippen LogP contribution in [-0.2, 0) is 11.2 Å². The molecule has 8 nitrogen and oxygen atoms in total. The van der Waals surface area contributed by atoms with Gasteiger partial charge in [0.1, 0.15) is 11.3 Å². The van der Waals surface area contributed by atoms with E-state index in [4.69, 9.17) is 13.7 Å². The highest BCUT2D eigenvalue weighted by molar-refractivity contribution is 5.92. The average Bonchev–Trinajstić information content (AvgIpc) is 3.33. The summed E-state index contributed by atoms with van der Waals surface area (Å²) in [5, 5.41) is 6.82. The molecule has 0 fully saturated rings. The molecule has 1 N–H and O–H groups in total. The Morgan fingerprint density at radius 1 is 1.14 bits per heavy atom. The zero-order valence-corrected chi connectivity index (χ0v) is 16.1. The van der Waals surface area contributed by atoms with Gasteiger partial charge in [-0.1, -0.05) is 5.16 Å². The Bertz CT molecular complexity index is 1130. The zero-order valence-electron chi connectivity index (χ0n) is 16.1. The number of ether oxygens (including phenoxy) is 1. The molecule has 2 aromatic carbocycles. The van der Waals surface area contributed by atoms with Gasteiger partial charge in [-0.15, -0.1) is 0 Å². The maximum Gasteiger partial charge on any atom is 0.227 e. The van der Waals surface area contributed by atoms with E-state index in [1.807, 2.05) is 37.3 Å². The largest absolute Gasteiger partial charge is 0.494 e. The molecule has 0 atom stereocenters. The van der Waals surface area contributed by atoms with E-state index in [1.54, 1.807) is 19.1 Å². The SMILES string of the molecule is CCOc1ccc(-c2noc(CCC(=O)Nc3ccc4nc(C)oc4c3)n2)cc1. The summed E-state index contributed by atoms with van der Waals surface area (Å²) in [5.74, 6) is 2.11. The number of carbonyl (C=O) groups is 1. The Hall–Kier alpha value is -3.68.